The van der Waals surface area contributed by atoms with Crippen molar-refractivity contribution in [2.45, 2.75) is 0 Å². The lowest BCUT2D eigenvalue weighted by Gasteiger charge is -2.06. The highest BCUT2D eigenvalue weighted by Gasteiger charge is 2.22. The van der Waals surface area contributed by atoms with Crippen molar-refractivity contribution in [1.29, 1.82) is 0 Å². The number of fused-ring (bicyclic) bond motifs is 5. The SMILES string of the molecule is Nc1c(F)c2c3c(c(N)c(F)c2c2c1=NCN=2)=NCN=3. The summed E-state index contributed by atoms with van der Waals surface area (Å²) in [6.45, 7) is 0.187. The highest BCUT2D eigenvalue weighted by Crippen LogP contribution is 2.19. The first-order chi connectivity index (χ1) is 9.61. The Morgan fingerprint density at radius 2 is 1.00 bits per heavy atom. The molecule has 2 heterocycles. The zero-order valence-electron chi connectivity index (χ0n) is 10.1. The van der Waals surface area contributed by atoms with E-state index in [1.165, 1.54) is 0 Å². The molecule has 0 saturated carbocycles. The molecule has 0 aliphatic carbocycles. The topological polar surface area (TPSA) is 101 Å². The summed E-state index contributed by atoms with van der Waals surface area (Å²) in [6, 6.07) is 0. The molecule has 0 amide bonds. The molecule has 2 aliphatic rings. The van der Waals surface area contributed by atoms with E-state index in [1.54, 1.807) is 0 Å². The number of hydrogen-bond donors (Lipinski definition) is 2. The molecule has 0 unspecified atom stereocenters. The van der Waals surface area contributed by atoms with Gasteiger partial charge in [-0.25, -0.2) is 8.78 Å². The third-order valence-corrected chi connectivity index (χ3v) is 3.51. The zero-order chi connectivity index (χ0) is 14.0. The maximum atomic E-state index is 14.5. The van der Waals surface area contributed by atoms with E-state index in [9.17, 15) is 8.78 Å². The molecule has 0 bridgehead atoms. The van der Waals surface area contributed by atoms with Crippen LogP contribution >= 0.6 is 0 Å². The summed E-state index contributed by atoms with van der Waals surface area (Å²) >= 11 is 0. The smallest absolute Gasteiger partial charge is 0.158 e. The summed E-state index contributed by atoms with van der Waals surface area (Å²) in [5.74, 6) is -1.51. The van der Waals surface area contributed by atoms with Gasteiger partial charge >= 0.3 is 0 Å². The molecule has 4 N–H and O–H groups in total. The Hall–Kier alpha value is -2.64. The van der Waals surface area contributed by atoms with Crippen LogP contribution in [-0.2, 0) is 0 Å². The molecule has 2 aliphatic heterocycles. The Bertz CT molecular complexity index is 956. The van der Waals surface area contributed by atoms with Gasteiger partial charge in [0.1, 0.15) is 24.1 Å². The first kappa shape index (κ1) is 11.2. The third-order valence-electron chi connectivity index (χ3n) is 3.51. The summed E-state index contributed by atoms with van der Waals surface area (Å²) < 4.78 is 29.0. The van der Waals surface area contributed by atoms with Gasteiger partial charge in [0.05, 0.1) is 32.9 Å². The lowest BCUT2D eigenvalue weighted by Crippen LogP contribution is -2.35. The van der Waals surface area contributed by atoms with E-state index in [0.29, 0.717) is 0 Å². The van der Waals surface area contributed by atoms with E-state index >= 15 is 0 Å². The normalized spacial score (nSPS) is 15.1. The summed E-state index contributed by atoms with van der Waals surface area (Å²) in [7, 11) is 0. The average Bonchev–Trinajstić information content (AvgIpc) is 3.08. The number of halogens is 2. The molecule has 0 fully saturated rings. The van der Waals surface area contributed by atoms with Crippen LogP contribution in [0.3, 0.4) is 0 Å². The highest BCUT2D eigenvalue weighted by molar-refractivity contribution is 5.88. The summed E-state index contributed by atoms with van der Waals surface area (Å²) in [6.07, 6.45) is 0. The van der Waals surface area contributed by atoms with E-state index in [0.717, 1.165) is 0 Å². The maximum absolute atomic E-state index is 14.5. The van der Waals surface area contributed by atoms with Crippen LogP contribution < -0.4 is 32.9 Å². The van der Waals surface area contributed by atoms with Gasteiger partial charge in [-0.05, 0) is 0 Å². The van der Waals surface area contributed by atoms with Gasteiger partial charge in [0.15, 0.2) is 11.6 Å². The van der Waals surface area contributed by atoms with E-state index in [1.807, 2.05) is 0 Å². The first-order valence-corrected chi connectivity index (χ1v) is 5.86. The zero-order valence-corrected chi connectivity index (χ0v) is 10.1. The number of nitrogens with zero attached hydrogens (tertiary/aromatic N) is 4. The fourth-order valence-electron chi connectivity index (χ4n) is 2.61. The van der Waals surface area contributed by atoms with Crippen LogP contribution in [0.2, 0.25) is 0 Å². The predicted molar refractivity (Wildman–Crippen MR) is 67.0 cm³/mol. The number of anilines is 2. The molecular formula is C12H8F2N6. The van der Waals surface area contributed by atoms with E-state index in [-0.39, 0.29) is 56.9 Å². The molecule has 100 valence electrons. The van der Waals surface area contributed by atoms with Gasteiger partial charge in [-0.3, -0.25) is 20.0 Å². The molecular weight excluding hydrogens is 266 g/mol. The third kappa shape index (κ3) is 1.11. The largest absolute Gasteiger partial charge is 0.395 e. The Labute approximate surface area is 109 Å². The molecule has 2 aromatic carbocycles. The van der Waals surface area contributed by atoms with Crippen molar-refractivity contribution in [2.75, 3.05) is 24.8 Å². The number of hydrogen-bond acceptors (Lipinski definition) is 6. The van der Waals surface area contributed by atoms with E-state index < -0.39 is 11.6 Å². The minimum absolute atomic E-state index is 0.0231. The van der Waals surface area contributed by atoms with E-state index in [2.05, 4.69) is 20.0 Å². The van der Waals surface area contributed by atoms with Gasteiger partial charge in [-0.2, -0.15) is 0 Å². The lowest BCUT2D eigenvalue weighted by molar-refractivity contribution is 0.629. The van der Waals surface area contributed by atoms with Crippen molar-refractivity contribution in [2.24, 2.45) is 20.0 Å². The molecule has 20 heavy (non-hydrogen) atoms. The Morgan fingerprint density at radius 3 is 1.40 bits per heavy atom. The van der Waals surface area contributed by atoms with Crippen molar-refractivity contribution in [3.63, 3.8) is 0 Å². The molecule has 8 heteroatoms. The molecule has 6 nitrogen and oxygen atoms in total. The fraction of sp³-hybridized carbons (Fsp3) is 0.167. The van der Waals surface area contributed by atoms with Crippen LogP contribution in [0.4, 0.5) is 20.2 Å². The summed E-state index contributed by atoms with van der Waals surface area (Å²) in [4.78, 5) is 16.1. The molecule has 0 spiro atoms. The molecule has 2 aromatic rings. The summed E-state index contributed by atoms with van der Waals surface area (Å²) in [5, 5.41) is 0.752. The molecule has 0 radical (unpaired) electrons. The van der Waals surface area contributed by atoms with Gasteiger partial charge in [0, 0.05) is 0 Å². The maximum Gasteiger partial charge on any atom is 0.158 e. The Morgan fingerprint density at radius 1 is 0.650 bits per heavy atom. The molecule has 0 atom stereocenters. The average molecular weight is 274 g/mol. The minimum Gasteiger partial charge on any atom is -0.395 e. The Kier molecular flexibility index (Phi) is 1.94. The van der Waals surface area contributed by atoms with Crippen molar-refractivity contribution in [1.82, 2.24) is 0 Å². The standard InChI is InChI=1S/C12H8F2N6/c13-5-3-4(10-12(8(5)16)20-2-18-10)6(14)7(15)11-9(3)17-1-19-11/h1-2,15-16H2. The first-order valence-electron chi connectivity index (χ1n) is 5.86. The second kappa shape index (κ2) is 3.47. The van der Waals surface area contributed by atoms with Crippen molar-refractivity contribution >= 4 is 22.1 Å². The molecule has 0 aromatic heterocycles. The quantitative estimate of drug-likeness (QED) is 0.583. The number of nitrogen functional groups attached to an aromatic ring is 2. The van der Waals surface area contributed by atoms with Crippen LogP contribution in [-0.4, -0.2) is 13.3 Å². The number of benzene rings is 2. The van der Waals surface area contributed by atoms with Crippen LogP contribution in [0, 0.1) is 11.6 Å². The minimum atomic E-state index is -0.754. The van der Waals surface area contributed by atoms with Gasteiger partial charge in [-0.1, -0.05) is 0 Å². The second-order valence-electron chi connectivity index (χ2n) is 4.52. The van der Waals surface area contributed by atoms with Crippen LogP contribution in [0.15, 0.2) is 20.0 Å². The van der Waals surface area contributed by atoms with Gasteiger partial charge < -0.3 is 11.5 Å². The van der Waals surface area contributed by atoms with Crippen molar-refractivity contribution in [3.8, 4) is 0 Å². The van der Waals surface area contributed by atoms with Crippen LogP contribution in [0.1, 0.15) is 0 Å². The second-order valence-corrected chi connectivity index (χ2v) is 4.52. The highest BCUT2D eigenvalue weighted by atomic mass is 19.1. The van der Waals surface area contributed by atoms with Crippen LogP contribution in [0.5, 0.6) is 0 Å². The lowest BCUT2D eigenvalue weighted by atomic mass is 10.0. The van der Waals surface area contributed by atoms with Gasteiger partial charge in [-0.15, -0.1) is 0 Å². The Balaban J connectivity index is 2.52. The number of rotatable bonds is 0. The van der Waals surface area contributed by atoms with Gasteiger partial charge in [0.25, 0.3) is 0 Å². The van der Waals surface area contributed by atoms with Gasteiger partial charge in [0.2, 0.25) is 0 Å². The molecule has 0 saturated heterocycles. The van der Waals surface area contributed by atoms with Crippen LogP contribution in [0.25, 0.3) is 10.8 Å². The predicted octanol–water partition coefficient (Wildman–Crippen LogP) is -1.30. The molecule has 4 rings (SSSR count). The van der Waals surface area contributed by atoms with Crippen molar-refractivity contribution in [3.05, 3.63) is 33.1 Å². The monoisotopic (exact) mass is 274 g/mol. The number of nitrogens with two attached hydrogens (primary N) is 2. The fourth-order valence-corrected chi connectivity index (χ4v) is 2.61. The van der Waals surface area contributed by atoms with Crippen molar-refractivity contribution < 1.29 is 8.78 Å². The summed E-state index contributed by atoms with van der Waals surface area (Å²) in [5.41, 5.74) is 11.2. The van der Waals surface area contributed by atoms with E-state index in [4.69, 9.17) is 11.5 Å².